The van der Waals surface area contributed by atoms with Gasteiger partial charge in [0.2, 0.25) is 21.7 Å². The highest BCUT2D eigenvalue weighted by molar-refractivity contribution is 7.92. The van der Waals surface area contributed by atoms with Crippen LogP contribution in [0.4, 0.5) is 14.5 Å². The number of anilines is 1. The first kappa shape index (κ1) is 50.6. The minimum atomic E-state index is -3.90. The Bertz CT molecular complexity index is 2860. The Hall–Kier alpha value is -6.32. The van der Waals surface area contributed by atoms with E-state index in [0.717, 1.165) is 40.3 Å². The number of H-pyrrole nitrogens is 1. The minimum absolute atomic E-state index is 0.0824. The molecule has 0 saturated carbocycles. The van der Waals surface area contributed by atoms with E-state index in [1.807, 2.05) is 43.6 Å². The van der Waals surface area contributed by atoms with Crippen molar-refractivity contribution < 1.29 is 55.3 Å². The number of aromatic nitrogens is 3. The Labute approximate surface area is 402 Å². The highest BCUT2D eigenvalue weighted by atomic mass is 32.2. The predicted molar refractivity (Wildman–Crippen MR) is 256 cm³/mol. The average molecular weight is 989 g/mol. The fourth-order valence-corrected chi connectivity index (χ4v) is 9.52. The van der Waals surface area contributed by atoms with Gasteiger partial charge in [0.15, 0.2) is 5.82 Å². The summed E-state index contributed by atoms with van der Waals surface area (Å²) < 4.78 is 85.2. The summed E-state index contributed by atoms with van der Waals surface area (Å²) >= 11 is 1.60. The SMILES string of the molecule is CCCS(=O)(=O)Nc1ccc(F)c(C(=O)c2c[nH]c3ncc(OCCOCCOCCOCCOc4cccc(C(=O)N5CCC[C@H]5C(=O)NCc5ccc(-c6ncsc6C)cc5)c4C)cc23)c1F. The lowest BCUT2D eigenvalue weighted by Gasteiger charge is -2.25. The van der Waals surface area contributed by atoms with E-state index in [-0.39, 0.29) is 72.8 Å². The monoisotopic (exact) mass is 988 g/mol. The first-order valence-corrected chi connectivity index (χ1v) is 25.0. The number of aromatic amines is 1. The van der Waals surface area contributed by atoms with Crippen LogP contribution in [0.25, 0.3) is 22.3 Å². The van der Waals surface area contributed by atoms with Crippen LogP contribution in [0.2, 0.25) is 0 Å². The van der Waals surface area contributed by atoms with E-state index >= 15 is 4.39 Å². The molecule has 7 rings (SSSR count). The maximum Gasteiger partial charge on any atom is 0.254 e. The van der Waals surface area contributed by atoms with Gasteiger partial charge in [-0.3, -0.25) is 19.1 Å². The van der Waals surface area contributed by atoms with Gasteiger partial charge in [0, 0.05) is 51.8 Å². The Morgan fingerprint density at radius 1 is 0.884 bits per heavy atom. The summed E-state index contributed by atoms with van der Waals surface area (Å²) in [4.78, 5) is 54.8. The molecule has 3 N–H and O–H groups in total. The summed E-state index contributed by atoms with van der Waals surface area (Å²) in [5, 5.41) is 3.27. The third-order valence-corrected chi connectivity index (χ3v) is 13.5. The molecule has 0 spiro atoms. The number of carbonyl (C=O) groups excluding carboxylic acids is 3. The van der Waals surface area contributed by atoms with Crippen LogP contribution in [0, 0.1) is 25.5 Å². The summed E-state index contributed by atoms with van der Waals surface area (Å²) in [5.74, 6) is -3.31. The van der Waals surface area contributed by atoms with Gasteiger partial charge in [-0.1, -0.05) is 37.3 Å². The number of nitrogens with one attached hydrogen (secondary N) is 3. The van der Waals surface area contributed by atoms with Gasteiger partial charge in [-0.15, -0.1) is 11.3 Å². The quantitative estimate of drug-likeness (QED) is 0.0380. The number of pyridine rings is 1. The highest BCUT2D eigenvalue weighted by Crippen LogP contribution is 2.30. The normalized spacial score (nSPS) is 13.8. The van der Waals surface area contributed by atoms with E-state index in [1.54, 1.807) is 41.4 Å². The molecule has 1 fully saturated rings. The van der Waals surface area contributed by atoms with Crippen molar-refractivity contribution in [2.45, 2.75) is 52.6 Å². The van der Waals surface area contributed by atoms with Crippen LogP contribution in [-0.4, -0.2) is 117 Å². The summed E-state index contributed by atoms with van der Waals surface area (Å²) in [6.45, 7) is 8.46. The number of sulfonamides is 1. The van der Waals surface area contributed by atoms with Gasteiger partial charge in [-0.2, -0.15) is 0 Å². The van der Waals surface area contributed by atoms with E-state index in [2.05, 4.69) is 25.0 Å². The zero-order valence-corrected chi connectivity index (χ0v) is 40.1. The van der Waals surface area contributed by atoms with Crippen molar-refractivity contribution in [1.82, 2.24) is 25.2 Å². The van der Waals surface area contributed by atoms with E-state index in [4.69, 9.17) is 23.7 Å². The molecule has 366 valence electrons. The zero-order valence-electron chi connectivity index (χ0n) is 38.5. The van der Waals surface area contributed by atoms with Gasteiger partial charge in [-0.25, -0.2) is 27.2 Å². The molecule has 1 aliphatic rings. The molecular formula is C49H54F2N6O10S2. The van der Waals surface area contributed by atoms with Gasteiger partial charge >= 0.3 is 0 Å². The van der Waals surface area contributed by atoms with Crippen LogP contribution in [0.15, 0.2) is 78.6 Å². The average Bonchev–Trinajstić information content (AvgIpc) is 4.11. The van der Waals surface area contributed by atoms with Crippen LogP contribution < -0.4 is 19.5 Å². The molecule has 0 bridgehead atoms. The fraction of sp³-hybridized carbons (Fsp3) is 0.367. The van der Waals surface area contributed by atoms with Crippen molar-refractivity contribution in [2.75, 3.05) is 69.9 Å². The molecule has 69 heavy (non-hydrogen) atoms. The highest BCUT2D eigenvalue weighted by Gasteiger charge is 2.35. The first-order valence-electron chi connectivity index (χ1n) is 22.5. The second-order valence-electron chi connectivity index (χ2n) is 16.1. The van der Waals surface area contributed by atoms with E-state index in [9.17, 15) is 27.2 Å². The molecule has 2 amide bonds. The van der Waals surface area contributed by atoms with Crippen LogP contribution in [0.5, 0.6) is 11.5 Å². The summed E-state index contributed by atoms with van der Waals surface area (Å²) in [5.41, 5.74) is 4.70. The number of ether oxygens (including phenoxy) is 5. The van der Waals surface area contributed by atoms with Gasteiger partial charge in [0.05, 0.1) is 74.0 Å². The zero-order chi connectivity index (χ0) is 48.9. The Kier molecular flexibility index (Phi) is 17.4. The number of aryl methyl sites for hydroxylation is 1. The lowest BCUT2D eigenvalue weighted by molar-refractivity contribution is -0.125. The number of benzene rings is 3. The van der Waals surface area contributed by atoms with Crippen LogP contribution in [0.3, 0.4) is 0 Å². The second kappa shape index (κ2) is 23.8. The van der Waals surface area contributed by atoms with Gasteiger partial charge in [-0.05, 0) is 69.0 Å². The number of rotatable bonds is 25. The Balaban J connectivity index is 0.769. The van der Waals surface area contributed by atoms with Crippen LogP contribution >= 0.6 is 11.3 Å². The molecule has 0 radical (unpaired) electrons. The topological polar surface area (TPSA) is 200 Å². The van der Waals surface area contributed by atoms with Crippen LogP contribution in [-0.2, 0) is 35.6 Å². The summed E-state index contributed by atoms with van der Waals surface area (Å²) in [6, 6.07) is 16.0. The molecule has 0 aliphatic carbocycles. The smallest absolute Gasteiger partial charge is 0.254 e. The standard InChI is InChI=1S/C49H54F2N6O10S2/c1-4-25-69(61,62)56-40-15-14-39(50)43(44(40)51)46(58)38-29-53-47-37(38)26-35(28-52-47)66-23-21-64-19-17-63-18-20-65-22-24-67-42-9-5-7-36(31(42)2)49(60)57-16-6-8-41(57)48(59)54-27-33-10-12-34(13-11-33)45-32(3)68-30-55-45/h5,7,9-15,26,28-30,41,56H,4,6,8,16-25,27H2,1-3H3,(H,52,53)(H,54,59)/t41-/m0/s1. The lowest BCUT2D eigenvalue weighted by atomic mass is 10.0. The number of ketones is 1. The fourth-order valence-electron chi connectivity index (χ4n) is 7.79. The second-order valence-corrected chi connectivity index (χ2v) is 19.0. The minimum Gasteiger partial charge on any atom is -0.491 e. The number of thiazole rings is 1. The number of hydrogen-bond donors (Lipinski definition) is 3. The summed E-state index contributed by atoms with van der Waals surface area (Å²) in [6.07, 6.45) is 4.29. The maximum absolute atomic E-state index is 15.4. The van der Waals surface area contributed by atoms with Crippen molar-refractivity contribution in [3.63, 3.8) is 0 Å². The molecule has 20 heteroatoms. The molecule has 6 aromatic rings. The van der Waals surface area contributed by atoms with E-state index in [0.29, 0.717) is 62.8 Å². The number of amides is 2. The first-order chi connectivity index (χ1) is 33.3. The maximum atomic E-state index is 15.4. The van der Waals surface area contributed by atoms with E-state index < -0.39 is 44.7 Å². The van der Waals surface area contributed by atoms with Crippen molar-refractivity contribution in [2.24, 2.45) is 0 Å². The van der Waals surface area contributed by atoms with Crippen LogP contribution in [0.1, 0.15) is 68.5 Å². The van der Waals surface area contributed by atoms with Crippen molar-refractivity contribution in [3.8, 4) is 22.8 Å². The molecule has 3 aromatic carbocycles. The van der Waals surface area contributed by atoms with Crippen molar-refractivity contribution in [3.05, 3.63) is 123 Å². The molecule has 1 atom stereocenters. The Morgan fingerprint density at radius 3 is 2.29 bits per heavy atom. The number of fused-ring (bicyclic) bond motifs is 1. The van der Waals surface area contributed by atoms with Gasteiger partial charge < -0.3 is 38.9 Å². The number of likely N-dealkylation sites (tertiary alicyclic amines) is 1. The molecule has 16 nitrogen and oxygen atoms in total. The van der Waals surface area contributed by atoms with Crippen molar-refractivity contribution >= 4 is 55.7 Å². The number of hydrogen-bond acceptors (Lipinski definition) is 13. The number of halogens is 2. The Morgan fingerprint density at radius 2 is 1.59 bits per heavy atom. The van der Waals surface area contributed by atoms with Gasteiger partial charge in [0.25, 0.3) is 5.91 Å². The third kappa shape index (κ3) is 12.9. The number of carbonyl (C=O) groups is 3. The van der Waals surface area contributed by atoms with Crippen molar-refractivity contribution in [1.29, 1.82) is 0 Å². The van der Waals surface area contributed by atoms with E-state index in [1.165, 1.54) is 18.5 Å². The third-order valence-electron chi connectivity index (χ3n) is 11.3. The largest absolute Gasteiger partial charge is 0.491 e. The molecule has 4 heterocycles. The molecular weight excluding hydrogens is 935 g/mol. The number of nitrogens with zero attached hydrogens (tertiary/aromatic N) is 3. The molecule has 1 saturated heterocycles. The van der Waals surface area contributed by atoms with Gasteiger partial charge in [0.1, 0.15) is 42.2 Å². The molecule has 3 aromatic heterocycles. The predicted octanol–water partition coefficient (Wildman–Crippen LogP) is 7.39. The molecule has 1 aliphatic heterocycles. The lowest BCUT2D eigenvalue weighted by Crippen LogP contribution is -2.45. The summed E-state index contributed by atoms with van der Waals surface area (Å²) in [7, 11) is -3.90. The molecule has 0 unspecified atom stereocenters.